The largest absolute Gasteiger partial charge is 0.481 e. The Kier molecular flexibility index (Phi) is 4.49. The summed E-state index contributed by atoms with van der Waals surface area (Å²) in [6, 6.07) is 3.05. The van der Waals surface area contributed by atoms with Gasteiger partial charge in [-0.3, -0.25) is 9.59 Å². The maximum absolute atomic E-state index is 12.8. The van der Waals surface area contributed by atoms with E-state index in [1.807, 2.05) is 0 Å². The van der Waals surface area contributed by atoms with Crippen LogP contribution < -0.4 is 9.47 Å². The molecular formula is C14H14BrNO5S. The number of carbonyl (C=O) groups excluding carboxylic acids is 1. The van der Waals surface area contributed by atoms with Gasteiger partial charge in [0, 0.05) is 23.6 Å². The van der Waals surface area contributed by atoms with E-state index < -0.39 is 5.97 Å². The first-order chi connectivity index (χ1) is 10.6. The Morgan fingerprint density at radius 1 is 1.41 bits per heavy atom. The average Bonchev–Trinajstić information content (AvgIpc) is 2.95. The van der Waals surface area contributed by atoms with E-state index >= 15 is 0 Å². The Balaban J connectivity index is 1.86. The predicted octanol–water partition coefficient (Wildman–Crippen LogP) is 2.21. The number of carboxylic acid groups (broad SMARTS) is 1. The van der Waals surface area contributed by atoms with Crippen molar-refractivity contribution in [1.29, 1.82) is 0 Å². The maximum Gasteiger partial charge on any atom is 0.305 e. The first-order valence-corrected chi connectivity index (χ1v) is 8.70. The molecule has 2 heterocycles. The van der Waals surface area contributed by atoms with Gasteiger partial charge < -0.3 is 19.5 Å². The molecule has 0 spiro atoms. The third-order valence-corrected chi connectivity index (χ3v) is 5.25. The van der Waals surface area contributed by atoms with Crippen molar-refractivity contribution in [3.63, 3.8) is 0 Å². The minimum absolute atomic E-state index is 0.0372. The number of rotatable bonds is 3. The number of benzene rings is 1. The normalized spacial score (nSPS) is 20.0. The molecule has 8 heteroatoms. The molecule has 1 atom stereocenters. The van der Waals surface area contributed by atoms with Gasteiger partial charge in [-0.2, -0.15) is 11.8 Å². The van der Waals surface area contributed by atoms with Crippen molar-refractivity contribution < 1.29 is 24.2 Å². The van der Waals surface area contributed by atoms with Crippen LogP contribution in [0.15, 0.2) is 16.6 Å². The molecule has 22 heavy (non-hydrogen) atoms. The van der Waals surface area contributed by atoms with Crippen molar-refractivity contribution in [2.75, 3.05) is 24.8 Å². The minimum atomic E-state index is -0.892. The quantitative estimate of drug-likeness (QED) is 0.856. The third-order valence-electron chi connectivity index (χ3n) is 3.57. The highest BCUT2D eigenvalue weighted by Gasteiger charge is 2.31. The highest BCUT2D eigenvalue weighted by molar-refractivity contribution is 9.10. The molecule has 1 fully saturated rings. The molecule has 0 bridgehead atoms. The van der Waals surface area contributed by atoms with Gasteiger partial charge >= 0.3 is 5.97 Å². The highest BCUT2D eigenvalue weighted by Crippen LogP contribution is 2.40. The second kappa shape index (κ2) is 6.37. The van der Waals surface area contributed by atoms with E-state index in [-0.39, 0.29) is 25.2 Å². The molecule has 1 amide bonds. The van der Waals surface area contributed by atoms with E-state index in [9.17, 15) is 9.59 Å². The van der Waals surface area contributed by atoms with Crippen molar-refractivity contribution in [3.05, 3.63) is 22.2 Å². The van der Waals surface area contributed by atoms with Crippen molar-refractivity contribution >= 4 is 39.6 Å². The van der Waals surface area contributed by atoms with Crippen LogP contribution in [0.2, 0.25) is 0 Å². The standard InChI is InChI=1S/C14H14BrNO5S/c15-10-3-8(4-11-13(10)21-7-20-11)14(19)16-1-2-22-6-9(16)5-12(17)18/h3-4,9H,1-2,5-7H2,(H,17,18). The second-order valence-corrected chi connectivity index (χ2v) is 7.02. The maximum atomic E-state index is 12.8. The molecular weight excluding hydrogens is 374 g/mol. The van der Waals surface area contributed by atoms with Gasteiger partial charge in [-0.25, -0.2) is 0 Å². The molecule has 0 saturated carbocycles. The second-order valence-electron chi connectivity index (χ2n) is 5.02. The lowest BCUT2D eigenvalue weighted by Crippen LogP contribution is -2.47. The molecule has 3 rings (SSSR count). The molecule has 2 aliphatic rings. The fraction of sp³-hybridized carbons (Fsp3) is 0.429. The summed E-state index contributed by atoms with van der Waals surface area (Å²) in [5, 5.41) is 9.02. The molecule has 118 valence electrons. The number of ether oxygens (including phenoxy) is 2. The van der Waals surface area contributed by atoms with Crippen LogP contribution in [0.5, 0.6) is 11.5 Å². The van der Waals surface area contributed by atoms with Gasteiger partial charge in [0.15, 0.2) is 11.5 Å². The number of nitrogens with zero attached hydrogens (tertiary/aromatic N) is 1. The van der Waals surface area contributed by atoms with Gasteiger partial charge in [-0.05, 0) is 28.1 Å². The van der Waals surface area contributed by atoms with Gasteiger partial charge in [0.1, 0.15) is 0 Å². The molecule has 6 nitrogen and oxygen atoms in total. The topological polar surface area (TPSA) is 76.1 Å². The summed E-state index contributed by atoms with van der Waals surface area (Å²) in [6.07, 6.45) is -0.0372. The Bertz CT molecular complexity index is 623. The van der Waals surface area contributed by atoms with E-state index in [4.69, 9.17) is 14.6 Å². The van der Waals surface area contributed by atoms with Crippen molar-refractivity contribution in [2.45, 2.75) is 12.5 Å². The first-order valence-electron chi connectivity index (χ1n) is 6.76. The van der Waals surface area contributed by atoms with Crippen LogP contribution in [0.1, 0.15) is 16.8 Å². The van der Waals surface area contributed by atoms with Crippen LogP contribution >= 0.6 is 27.7 Å². The predicted molar refractivity (Wildman–Crippen MR) is 84.7 cm³/mol. The number of fused-ring (bicyclic) bond motifs is 1. The van der Waals surface area contributed by atoms with Crippen LogP contribution in [0.25, 0.3) is 0 Å². The van der Waals surface area contributed by atoms with Crippen molar-refractivity contribution in [1.82, 2.24) is 4.90 Å². The Labute approximate surface area is 139 Å². The summed E-state index contributed by atoms with van der Waals surface area (Å²) in [4.78, 5) is 25.4. The number of aliphatic carboxylic acids is 1. The summed E-state index contributed by atoms with van der Waals surface area (Å²) in [5.74, 6) is 1.51. The van der Waals surface area contributed by atoms with Gasteiger partial charge in [-0.15, -0.1) is 0 Å². The summed E-state index contributed by atoms with van der Waals surface area (Å²) in [5.41, 5.74) is 0.471. The fourth-order valence-corrected chi connectivity index (χ4v) is 4.17. The van der Waals surface area contributed by atoms with E-state index in [2.05, 4.69) is 15.9 Å². The lowest BCUT2D eigenvalue weighted by atomic mass is 10.1. The average molecular weight is 388 g/mol. The smallest absolute Gasteiger partial charge is 0.305 e. The van der Waals surface area contributed by atoms with Crippen molar-refractivity contribution in [2.24, 2.45) is 0 Å². The Hall–Kier alpha value is -1.41. The van der Waals surface area contributed by atoms with Crippen LogP contribution in [0.3, 0.4) is 0 Å². The number of carboxylic acids is 1. The monoisotopic (exact) mass is 387 g/mol. The first kappa shape index (κ1) is 15.5. The van der Waals surface area contributed by atoms with Crippen LogP contribution in [-0.2, 0) is 4.79 Å². The number of carbonyl (C=O) groups is 2. The van der Waals surface area contributed by atoms with Gasteiger partial charge in [0.25, 0.3) is 5.91 Å². The zero-order chi connectivity index (χ0) is 15.7. The van der Waals surface area contributed by atoms with Crippen LogP contribution in [0.4, 0.5) is 0 Å². The summed E-state index contributed by atoms with van der Waals surface area (Å²) in [7, 11) is 0. The lowest BCUT2D eigenvalue weighted by molar-refractivity contribution is -0.138. The van der Waals surface area contributed by atoms with E-state index in [1.165, 1.54) is 0 Å². The number of halogens is 1. The van der Waals surface area contributed by atoms with Crippen LogP contribution in [0, 0.1) is 0 Å². The molecule has 0 radical (unpaired) electrons. The Morgan fingerprint density at radius 2 is 2.23 bits per heavy atom. The van der Waals surface area contributed by atoms with E-state index in [0.717, 1.165) is 5.75 Å². The molecule has 1 unspecified atom stereocenters. The lowest BCUT2D eigenvalue weighted by Gasteiger charge is -2.34. The number of hydrogen-bond donors (Lipinski definition) is 1. The zero-order valence-corrected chi connectivity index (χ0v) is 14.0. The summed E-state index contributed by atoms with van der Waals surface area (Å²) >= 11 is 5.05. The fourth-order valence-electron chi connectivity index (χ4n) is 2.55. The molecule has 1 N–H and O–H groups in total. The summed E-state index contributed by atoms with van der Waals surface area (Å²) < 4.78 is 11.3. The van der Waals surface area contributed by atoms with Gasteiger partial charge in [0.05, 0.1) is 16.9 Å². The zero-order valence-electron chi connectivity index (χ0n) is 11.6. The molecule has 0 aliphatic carbocycles. The van der Waals surface area contributed by atoms with Gasteiger partial charge in [-0.1, -0.05) is 0 Å². The molecule has 1 aromatic carbocycles. The van der Waals surface area contributed by atoms with Crippen LogP contribution in [-0.4, -0.2) is 52.8 Å². The molecule has 1 saturated heterocycles. The SMILES string of the molecule is O=C(O)CC1CSCCN1C(=O)c1cc(Br)c2c(c1)OCO2. The number of amides is 1. The number of hydrogen-bond acceptors (Lipinski definition) is 5. The molecule has 2 aliphatic heterocycles. The third kappa shape index (κ3) is 3.03. The highest BCUT2D eigenvalue weighted by atomic mass is 79.9. The summed E-state index contributed by atoms with van der Waals surface area (Å²) in [6.45, 7) is 0.682. The molecule has 1 aromatic rings. The van der Waals surface area contributed by atoms with Crippen molar-refractivity contribution in [3.8, 4) is 11.5 Å². The Morgan fingerprint density at radius 3 is 3.00 bits per heavy atom. The van der Waals surface area contributed by atoms with E-state index in [1.54, 1.807) is 28.8 Å². The molecule has 0 aromatic heterocycles. The van der Waals surface area contributed by atoms with E-state index in [0.29, 0.717) is 33.8 Å². The van der Waals surface area contributed by atoms with Gasteiger partial charge in [0.2, 0.25) is 6.79 Å². The number of thioether (sulfide) groups is 1. The minimum Gasteiger partial charge on any atom is -0.481 e.